The van der Waals surface area contributed by atoms with Crippen LogP contribution in [0.15, 0.2) is 22.8 Å². The lowest BCUT2D eigenvalue weighted by Gasteiger charge is -2.44. The molecule has 5 nitrogen and oxygen atoms in total. The summed E-state index contributed by atoms with van der Waals surface area (Å²) >= 11 is 0. The summed E-state index contributed by atoms with van der Waals surface area (Å²) in [6, 6.07) is 0. The van der Waals surface area contributed by atoms with Gasteiger partial charge in [0, 0.05) is 22.8 Å². The Balaban J connectivity index is 1.88. The molecule has 0 saturated carbocycles. The Kier molecular flexibility index (Phi) is 2.35. The van der Waals surface area contributed by atoms with Crippen LogP contribution in [0.2, 0.25) is 0 Å². The molecule has 0 amide bonds. The van der Waals surface area contributed by atoms with E-state index in [1.165, 1.54) is 18.3 Å². The number of hydrogen-bond acceptors (Lipinski definition) is 5. The lowest BCUT2D eigenvalue weighted by atomic mass is 9.60. The van der Waals surface area contributed by atoms with Gasteiger partial charge >= 0.3 is 11.9 Å². The Labute approximate surface area is 122 Å². The predicted octanol–water partition coefficient (Wildman–Crippen LogP) is 1.38. The summed E-state index contributed by atoms with van der Waals surface area (Å²) in [5.74, 6) is -0.673. The maximum Gasteiger partial charge on any atom is 0.341 e. The first-order valence-corrected chi connectivity index (χ1v) is 7.25. The first kappa shape index (κ1) is 13.1. The monoisotopic (exact) mass is 290 g/mol. The molecule has 2 heterocycles. The molecule has 0 aromatic rings. The second-order valence-corrected chi connectivity index (χ2v) is 6.54. The van der Waals surface area contributed by atoms with Crippen molar-refractivity contribution in [2.24, 2.45) is 17.3 Å². The fourth-order valence-electron chi connectivity index (χ4n) is 4.69. The molecule has 0 bridgehead atoms. The standard InChI is InChI=1S/C16H18O5/c1-8-5-15-11(9(8)2)4-10(13(17)19-3)12(15)6-20-14(18)16(15)7-21-16/h4,11-12H,5-7H2,1-3H3/t11-,12+,15?,16-/m1/s1. The van der Waals surface area contributed by atoms with Crippen molar-refractivity contribution in [3.05, 3.63) is 22.8 Å². The quantitative estimate of drug-likeness (QED) is 0.415. The number of allylic oxidation sites excluding steroid dienone is 3. The van der Waals surface area contributed by atoms with Crippen LogP contribution in [0.3, 0.4) is 0 Å². The molecule has 0 N–H and O–H groups in total. The van der Waals surface area contributed by atoms with Gasteiger partial charge < -0.3 is 14.2 Å². The number of methoxy groups -OCH3 is 1. The van der Waals surface area contributed by atoms with E-state index in [-0.39, 0.29) is 35.8 Å². The highest BCUT2D eigenvalue weighted by Gasteiger charge is 2.78. The average molecular weight is 290 g/mol. The maximum absolute atomic E-state index is 12.3. The van der Waals surface area contributed by atoms with Crippen LogP contribution in [0, 0.1) is 17.3 Å². The van der Waals surface area contributed by atoms with Crippen molar-refractivity contribution >= 4 is 11.9 Å². The van der Waals surface area contributed by atoms with E-state index >= 15 is 0 Å². The SMILES string of the molecule is COC(=O)C1=C[C@@H]2C(C)=C(C)CC23[C@H]1COC(=O)[C@]31CO1. The molecule has 2 aliphatic carbocycles. The summed E-state index contributed by atoms with van der Waals surface area (Å²) in [6.07, 6.45) is 2.76. The fourth-order valence-corrected chi connectivity index (χ4v) is 4.69. The van der Waals surface area contributed by atoms with Crippen molar-refractivity contribution in [2.75, 3.05) is 20.3 Å². The van der Waals surface area contributed by atoms with E-state index in [4.69, 9.17) is 14.2 Å². The smallest absolute Gasteiger partial charge is 0.341 e. The molecule has 0 radical (unpaired) electrons. The summed E-state index contributed by atoms with van der Waals surface area (Å²) in [6.45, 7) is 4.81. The van der Waals surface area contributed by atoms with Crippen molar-refractivity contribution in [1.29, 1.82) is 0 Å². The molecule has 4 aliphatic rings. The molecule has 2 fully saturated rings. The largest absolute Gasteiger partial charge is 0.466 e. The van der Waals surface area contributed by atoms with Gasteiger partial charge in [-0.25, -0.2) is 9.59 Å². The molecule has 4 rings (SSSR count). The van der Waals surface area contributed by atoms with Crippen molar-refractivity contribution in [3.8, 4) is 0 Å². The van der Waals surface area contributed by atoms with Gasteiger partial charge in [-0.2, -0.15) is 0 Å². The average Bonchev–Trinajstić information content (AvgIpc) is 3.15. The van der Waals surface area contributed by atoms with E-state index in [9.17, 15) is 9.59 Å². The number of cyclic esters (lactones) is 1. The second-order valence-electron chi connectivity index (χ2n) is 6.54. The third-order valence-electron chi connectivity index (χ3n) is 5.91. The lowest BCUT2D eigenvalue weighted by Crippen LogP contribution is -2.56. The normalized spacial score (nSPS) is 43.4. The minimum Gasteiger partial charge on any atom is -0.466 e. The highest BCUT2D eigenvalue weighted by Crippen LogP contribution is 2.69. The van der Waals surface area contributed by atoms with Gasteiger partial charge in [-0.3, -0.25) is 0 Å². The van der Waals surface area contributed by atoms with E-state index in [0.717, 1.165) is 6.42 Å². The van der Waals surface area contributed by atoms with Crippen LogP contribution in [0.25, 0.3) is 0 Å². The number of carbonyl (C=O) groups is 2. The molecule has 112 valence electrons. The minimum atomic E-state index is -0.869. The lowest BCUT2D eigenvalue weighted by molar-refractivity contribution is -0.173. The highest BCUT2D eigenvalue weighted by molar-refractivity contribution is 5.93. The van der Waals surface area contributed by atoms with Crippen LogP contribution in [-0.4, -0.2) is 37.9 Å². The van der Waals surface area contributed by atoms with E-state index in [0.29, 0.717) is 12.2 Å². The fraction of sp³-hybridized carbons (Fsp3) is 0.625. The molecule has 21 heavy (non-hydrogen) atoms. The van der Waals surface area contributed by atoms with E-state index in [1.54, 1.807) is 0 Å². The second kappa shape index (κ2) is 3.77. The summed E-state index contributed by atoms with van der Waals surface area (Å²) in [7, 11) is 1.39. The number of hydrogen-bond donors (Lipinski definition) is 0. The topological polar surface area (TPSA) is 65.1 Å². The van der Waals surface area contributed by atoms with Gasteiger partial charge in [0.1, 0.15) is 0 Å². The number of ether oxygens (including phenoxy) is 3. The Morgan fingerprint density at radius 2 is 2.14 bits per heavy atom. The van der Waals surface area contributed by atoms with Crippen molar-refractivity contribution in [1.82, 2.24) is 0 Å². The Bertz CT molecular complexity index is 625. The molecule has 4 atom stereocenters. The summed E-state index contributed by atoms with van der Waals surface area (Å²) in [5.41, 5.74) is 1.90. The van der Waals surface area contributed by atoms with Crippen molar-refractivity contribution in [3.63, 3.8) is 0 Å². The van der Waals surface area contributed by atoms with Crippen LogP contribution in [0.5, 0.6) is 0 Å². The number of epoxide rings is 1. The van der Waals surface area contributed by atoms with E-state index < -0.39 is 5.60 Å². The number of esters is 2. The van der Waals surface area contributed by atoms with E-state index in [1.807, 2.05) is 6.08 Å². The summed E-state index contributed by atoms with van der Waals surface area (Å²) in [5, 5.41) is 0. The molecule has 2 aliphatic heterocycles. The first-order valence-electron chi connectivity index (χ1n) is 7.25. The Morgan fingerprint density at radius 1 is 1.43 bits per heavy atom. The van der Waals surface area contributed by atoms with Crippen molar-refractivity contribution in [2.45, 2.75) is 25.9 Å². The van der Waals surface area contributed by atoms with Gasteiger partial charge in [-0.05, 0) is 20.3 Å². The number of rotatable bonds is 1. The Morgan fingerprint density at radius 3 is 2.76 bits per heavy atom. The van der Waals surface area contributed by atoms with Crippen LogP contribution in [0.1, 0.15) is 20.3 Å². The zero-order chi connectivity index (χ0) is 15.0. The molecule has 5 heteroatoms. The molecule has 0 aromatic heterocycles. The van der Waals surface area contributed by atoms with Crippen molar-refractivity contribution < 1.29 is 23.8 Å². The van der Waals surface area contributed by atoms with Gasteiger partial charge in [0.2, 0.25) is 0 Å². The van der Waals surface area contributed by atoms with Gasteiger partial charge in [0.15, 0.2) is 5.60 Å². The Hall–Kier alpha value is -1.62. The molecule has 2 spiro atoms. The van der Waals surface area contributed by atoms with Gasteiger partial charge in [0.25, 0.3) is 0 Å². The predicted molar refractivity (Wildman–Crippen MR) is 72.1 cm³/mol. The molecular weight excluding hydrogens is 272 g/mol. The number of carbonyl (C=O) groups excluding carboxylic acids is 2. The highest BCUT2D eigenvalue weighted by atomic mass is 16.6. The molecule has 0 aromatic carbocycles. The third-order valence-corrected chi connectivity index (χ3v) is 5.91. The summed E-state index contributed by atoms with van der Waals surface area (Å²) < 4.78 is 15.9. The van der Waals surface area contributed by atoms with Gasteiger partial charge in [0.05, 0.1) is 20.3 Å². The van der Waals surface area contributed by atoms with Crippen LogP contribution in [0.4, 0.5) is 0 Å². The summed E-state index contributed by atoms with van der Waals surface area (Å²) in [4.78, 5) is 24.4. The van der Waals surface area contributed by atoms with Crippen LogP contribution >= 0.6 is 0 Å². The van der Waals surface area contributed by atoms with Gasteiger partial charge in [-0.1, -0.05) is 17.2 Å². The van der Waals surface area contributed by atoms with Crippen LogP contribution in [-0.2, 0) is 23.8 Å². The molecular formula is C16H18O5. The minimum absolute atomic E-state index is 0.0620. The third kappa shape index (κ3) is 1.27. The zero-order valence-corrected chi connectivity index (χ0v) is 12.4. The van der Waals surface area contributed by atoms with Crippen LogP contribution < -0.4 is 0 Å². The zero-order valence-electron chi connectivity index (χ0n) is 12.4. The van der Waals surface area contributed by atoms with E-state index in [2.05, 4.69) is 13.8 Å². The van der Waals surface area contributed by atoms with Gasteiger partial charge in [-0.15, -0.1) is 0 Å². The molecule has 1 unspecified atom stereocenters. The first-order chi connectivity index (χ1) is 9.98. The molecule has 2 saturated heterocycles. The maximum atomic E-state index is 12.3.